The van der Waals surface area contributed by atoms with E-state index in [1.54, 1.807) is 6.07 Å². The molecule has 2 N–H and O–H groups in total. The number of amides is 1. The predicted molar refractivity (Wildman–Crippen MR) is 195 cm³/mol. The lowest BCUT2D eigenvalue weighted by molar-refractivity contribution is -0.989. The first-order valence-electron chi connectivity index (χ1n) is 19.0. The molecule has 7 nitrogen and oxygen atoms in total. The summed E-state index contributed by atoms with van der Waals surface area (Å²) in [6, 6.07) is 22.8. The second-order valence-corrected chi connectivity index (χ2v) is 15.2. The third-order valence-electron chi connectivity index (χ3n) is 12.4. The Kier molecular flexibility index (Phi) is 10.1. The number of benzene rings is 3. The SMILES string of the molecule is C=CC[N+]1(NC(=O)C(CCCCCCc2ccccc2)CCc2ccccc2)CC[C@]23c4c5c(O)cc(OC(C)=O)c4O[C@H]2CCC[C@H]3[C@H]1C5. The van der Waals surface area contributed by atoms with Crippen LogP contribution in [0.15, 0.2) is 79.4 Å². The molecule has 7 rings (SSSR count). The van der Waals surface area contributed by atoms with E-state index in [9.17, 15) is 14.7 Å². The summed E-state index contributed by atoms with van der Waals surface area (Å²) in [7, 11) is 0. The smallest absolute Gasteiger partial charge is 0.308 e. The standard InChI is InChI=1S/C43H52N2O5/c1-3-26-45(44-42(48)33(24-23-32-18-11-7-12-19-32)20-13-5-4-8-15-31-16-9-6-10-17-31)27-25-43-35-21-14-22-39(43)50-41-38(49-30(2)46)29-37(47)34(40(41)43)28-36(35)45/h3,6-7,9-12,16-19,29,33,35-36,39H,1,4-5,8,13-15,20-28H2,2H3,(H-,44,47,48)/p+1/t33?,35-,36+,39-,43+,45?/m0/s1. The molecule has 50 heavy (non-hydrogen) atoms. The van der Waals surface area contributed by atoms with Crippen molar-refractivity contribution in [1.82, 2.24) is 5.43 Å². The molecule has 2 unspecified atom stereocenters. The van der Waals surface area contributed by atoms with E-state index < -0.39 is 5.97 Å². The average Bonchev–Trinajstić information content (AvgIpc) is 3.45. The molecule has 4 aliphatic rings. The van der Waals surface area contributed by atoms with Crippen molar-refractivity contribution in [1.29, 1.82) is 0 Å². The summed E-state index contributed by atoms with van der Waals surface area (Å²) in [5.41, 5.74) is 8.01. The first kappa shape index (κ1) is 34.4. The number of carbonyl (C=O) groups is 2. The van der Waals surface area contributed by atoms with Crippen LogP contribution in [0.3, 0.4) is 0 Å². The number of hydrogen-bond acceptors (Lipinski definition) is 5. The number of ether oxygens (including phenoxy) is 2. The number of piperidine rings is 1. The Bertz CT molecular complexity index is 1690. The number of phenolic OH excluding ortho intramolecular Hbond substituents is 1. The molecule has 3 aromatic carbocycles. The quantitative estimate of drug-likeness (QED) is 0.0562. The lowest BCUT2D eigenvalue weighted by Gasteiger charge is -2.60. The number of hydrogen-bond donors (Lipinski definition) is 2. The van der Waals surface area contributed by atoms with Gasteiger partial charge in [0.15, 0.2) is 11.5 Å². The van der Waals surface area contributed by atoms with Gasteiger partial charge < -0.3 is 14.6 Å². The minimum absolute atomic E-state index is 0.0314. The highest BCUT2D eigenvalue weighted by atomic mass is 16.6. The van der Waals surface area contributed by atoms with Gasteiger partial charge in [-0.3, -0.25) is 9.59 Å². The normalized spacial score (nSPS) is 26.3. The molecule has 2 fully saturated rings. The second kappa shape index (κ2) is 14.6. The van der Waals surface area contributed by atoms with E-state index in [1.165, 1.54) is 18.1 Å². The number of esters is 1. The highest BCUT2D eigenvalue weighted by Crippen LogP contribution is 2.66. The number of nitrogens with one attached hydrogen (secondary N) is 1. The van der Waals surface area contributed by atoms with Gasteiger partial charge in [0.05, 0.1) is 5.41 Å². The number of carbonyl (C=O) groups excluding carboxylic acids is 2. The van der Waals surface area contributed by atoms with Crippen molar-refractivity contribution >= 4 is 11.9 Å². The van der Waals surface area contributed by atoms with E-state index in [0.717, 1.165) is 94.7 Å². The van der Waals surface area contributed by atoms with Crippen LogP contribution in [0.1, 0.15) is 93.4 Å². The zero-order chi connectivity index (χ0) is 34.7. The molecule has 1 spiro atoms. The van der Waals surface area contributed by atoms with E-state index in [1.807, 2.05) is 12.1 Å². The molecule has 0 aromatic heterocycles. The number of quaternary nitrogens is 1. The van der Waals surface area contributed by atoms with Gasteiger partial charge in [-0.2, -0.15) is 0 Å². The molecule has 1 saturated carbocycles. The fraction of sp³-hybridized carbons (Fsp3) is 0.488. The Morgan fingerprint density at radius 1 is 1.02 bits per heavy atom. The molecule has 2 heterocycles. The van der Waals surface area contributed by atoms with Gasteiger partial charge in [-0.15, -0.1) is 0 Å². The third kappa shape index (κ3) is 6.45. The van der Waals surface area contributed by atoms with Gasteiger partial charge in [-0.05, 0) is 68.6 Å². The number of aryl methyl sites for hydroxylation is 2. The maximum atomic E-state index is 14.6. The molecular weight excluding hydrogens is 624 g/mol. The second-order valence-electron chi connectivity index (χ2n) is 15.2. The first-order chi connectivity index (χ1) is 24.3. The summed E-state index contributed by atoms with van der Waals surface area (Å²) >= 11 is 0. The van der Waals surface area contributed by atoms with Crippen LogP contribution in [0.25, 0.3) is 0 Å². The summed E-state index contributed by atoms with van der Waals surface area (Å²) in [6.07, 6.45) is 14.5. The van der Waals surface area contributed by atoms with Crippen LogP contribution in [-0.2, 0) is 34.3 Å². The highest BCUT2D eigenvalue weighted by Gasteiger charge is 2.69. The number of unbranched alkanes of at least 4 members (excludes halogenated alkanes) is 3. The molecule has 2 bridgehead atoms. The monoisotopic (exact) mass is 677 g/mol. The van der Waals surface area contributed by atoms with Crippen molar-refractivity contribution in [3.05, 3.63) is 102 Å². The van der Waals surface area contributed by atoms with E-state index in [4.69, 9.17) is 9.47 Å². The molecular formula is C43H53N2O5+. The van der Waals surface area contributed by atoms with Crippen LogP contribution in [-0.4, -0.2) is 46.8 Å². The van der Waals surface area contributed by atoms with Crippen molar-refractivity contribution < 1.29 is 28.8 Å². The van der Waals surface area contributed by atoms with Crippen molar-refractivity contribution in [3.63, 3.8) is 0 Å². The fourth-order valence-electron chi connectivity index (χ4n) is 10.1. The molecule has 1 saturated heterocycles. The first-order valence-corrected chi connectivity index (χ1v) is 19.0. The van der Waals surface area contributed by atoms with Gasteiger partial charge in [0, 0.05) is 48.8 Å². The Morgan fingerprint density at radius 3 is 2.46 bits per heavy atom. The molecule has 7 heteroatoms. The summed E-state index contributed by atoms with van der Waals surface area (Å²) in [6.45, 7) is 6.95. The Hall–Kier alpha value is -4.10. The zero-order valence-corrected chi connectivity index (χ0v) is 29.6. The van der Waals surface area contributed by atoms with E-state index in [0.29, 0.717) is 29.1 Å². The summed E-state index contributed by atoms with van der Waals surface area (Å²) in [5, 5.41) is 11.4. The molecule has 1 amide bonds. The molecule has 2 aliphatic carbocycles. The lowest BCUT2D eigenvalue weighted by Crippen LogP contribution is -2.76. The summed E-state index contributed by atoms with van der Waals surface area (Å²) in [5.74, 6) is 1.00. The van der Waals surface area contributed by atoms with Gasteiger partial charge >= 0.3 is 5.97 Å². The average molecular weight is 678 g/mol. The Balaban J connectivity index is 1.12. The van der Waals surface area contributed by atoms with Gasteiger partial charge in [0.2, 0.25) is 0 Å². The van der Waals surface area contributed by atoms with E-state index in [-0.39, 0.29) is 41.1 Å². The van der Waals surface area contributed by atoms with Crippen molar-refractivity contribution in [2.45, 2.75) is 108 Å². The summed E-state index contributed by atoms with van der Waals surface area (Å²) < 4.78 is 12.7. The van der Waals surface area contributed by atoms with Crippen LogP contribution in [0, 0.1) is 11.8 Å². The number of nitrogens with zero attached hydrogens (tertiary/aromatic N) is 1. The van der Waals surface area contributed by atoms with Crippen LogP contribution < -0.4 is 14.9 Å². The fourth-order valence-corrected chi connectivity index (χ4v) is 10.1. The maximum Gasteiger partial charge on any atom is 0.308 e. The van der Waals surface area contributed by atoms with Crippen molar-refractivity contribution in [2.75, 3.05) is 13.1 Å². The van der Waals surface area contributed by atoms with Gasteiger partial charge in [-0.25, -0.2) is 10.0 Å². The number of likely N-dealkylation sites (tertiary alicyclic amines) is 1. The van der Waals surface area contributed by atoms with E-state index >= 15 is 0 Å². The van der Waals surface area contributed by atoms with Crippen LogP contribution >= 0.6 is 0 Å². The molecule has 0 radical (unpaired) electrons. The van der Waals surface area contributed by atoms with E-state index in [2.05, 4.69) is 66.6 Å². The number of phenols is 1. The Labute approximate surface area is 297 Å². The molecule has 264 valence electrons. The highest BCUT2D eigenvalue weighted by molar-refractivity contribution is 5.77. The number of aromatic hydroxyl groups is 1. The lowest BCUT2D eigenvalue weighted by atomic mass is 9.51. The minimum atomic E-state index is -0.427. The third-order valence-corrected chi connectivity index (χ3v) is 12.4. The molecule has 3 aromatic rings. The Morgan fingerprint density at radius 2 is 1.74 bits per heavy atom. The number of rotatable bonds is 15. The zero-order valence-electron chi connectivity index (χ0n) is 29.6. The van der Waals surface area contributed by atoms with Gasteiger partial charge in [0.25, 0.3) is 5.91 Å². The predicted octanol–water partition coefficient (Wildman–Crippen LogP) is 7.92. The largest absolute Gasteiger partial charge is 0.508 e. The minimum Gasteiger partial charge on any atom is -0.508 e. The summed E-state index contributed by atoms with van der Waals surface area (Å²) in [4.78, 5) is 26.6. The van der Waals surface area contributed by atoms with Crippen molar-refractivity contribution in [2.24, 2.45) is 11.8 Å². The van der Waals surface area contributed by atoms with Gasteiger partial charge in [-0.1, -0.05) is 86.5 Å². The molecule has 2 aliphatic heterocycles. The van der Waals surface area contributed by atoms with Crippen LogP contribution in [0.5, 0.6) is 17.2 Å². The van der Waals surface area contributed by atoms with Crippen molar-refractivity contribution in [3.8, 4) is 17.2 Å². The maximum absolute atomic E-state index is 14.6. The van der Waals surface area contributed by atoms with Gasteiger partial charge in [0.1, 0.15) is 31.0 Å². The van der Waals surface area contributed by atoms with Crippen LogP contribution in [0.2, 0.25) is 0 Å². The topological polar surface area (TPSA) is 84.9 Å². The molecule has 6 atom stereocenters. The van der Waals surface area contributed by atoms with Crippen LogP contribution in [0.4, 0.5) is 0 Å².